The average molecular weight is 142 g/mol. The third-order valence-corrected chi connectivity index (χ3v) is 1.49. The highest BCUT2D eigenvalue weighted by molar-refractivity contribution is 4.51. The third kappa shape index (κ3) is 7.96. The van der Waals surface area contributed by atoms with Crippen LogP contribution >= 0.6 is 0 Å². The van der Waals surface area contributed by atoms with Gasteiger partial charge in [0.15, 0.2) is 0 Å². The van der Waals surface area contributed by atoms with Gasteiger partial charge < -0.3 is 4.74 Å². The third-order valence-electron chi connectivity index (χ3n) is 1.49. The number of hydrogen-bond donors (Lipinski definition) is 0. The summed E-state index contributed by atoms with van der Waals surface area (Å²) in [4.78, 5) is 0. The molecule has 0 heterocycles. The zero-order valence-corrected chi connectivity index (χ0v) is 6.94. The maximum absolute atomic E-state index is 4.81. The standard InChI is InChI=1S/C9H18O/c1-3-4-5-6-7-8-9-10-2/h9H,1,3-8H2,2H3. The first-order chi connectivity index (χ1) is 4.91. The van der Waals surface area contributed by atoms with Gasteiger partial charge in [-0.3, -0.25) is 0 Å². The summed E-state index contributed by atoms with van der Waals surface area (Å²) in [6.45, 7) is 5.65. The number of unbranched alkanes of at least 4 members (excludes halogenated alkanes) is 5. The van der Waals surface area contributed by atoms with E-state index in [1.54, 1.807) is 7.11 Å². The Labute approximate surface area is 64.8 Å². The molecule has 0 bridgehead atoms. The van der Waals surface area contributed by atoms with E-state index in [4.69, 9.17) is 4.74 Å². The van der Waals surface area contributed by atoms with Crippen LogP contribution in [-0.2, 0) is 4.74 Å². The SMILES string of the molecule is [CH2]CCCCCC[CH]OC. The molecule has 2 radical (unpaired) electrons. The highest BCUT2D eigenvalue weighted by Crippen LogP contribution is 2.05. The van der Waals surface area contributed by atoms with E-state index < -0.39 is 0 Å². The van der Waals surface area contributed by atoms with Crippen molar-refractivity contribution in [3.8, 4) is 0 Å². The van der Waals surface area contributed by atoms with Gasteiger partial charge in [-0.2, -0.15) is 0 Å². The topological polar surface area (TPSA) is 9.23 Å². The molecular weight excluding hydrogens is 124 g/mol. The number of hydrogen-bond acceptors (Lipinski definition) is 1. The summed E-state index contributed by atoms with van der Waals surface area (Å²) in [7, 11) is 1.70. The molecule has 0 rings (SSSR count). The van der Waals surface area contributed by atoms with Crippen LogP contribution in [0, 0.1) is 13.5 Å². The minimum absolute atomic E-state index is 1.08. The Morgan fingerprint density at radius 3 is 2.50 bits per heavy atom. The molecule has 0 aromatic rings. The van der Waals surface area contributed by atoms with Gasteiger partial charge in [0.1, 0.15) is 0 Å². The van der Waals surface area contributed by atoms with Crippen LogP contribution in [0.3, 0.4) is 0 Å². The van der Waals surface area contributed by atoms with Crippen molar-refractivity contribution in [1.82, 2.24) is 0 Å². The monoisotopic (exact) mass is 142 g/mol. The van der Waals surface area contributed by atoms with Crippen molar-refractivity contribution in [1.29, 1.82) is 0 Å². The van der Waals surface area contributed by atoms with E-state index in [-0.39, 0.29) is 0 Å². The summed E-state index contributed by atoms with van der Waals surface area (Å²) in [6.07, 6.45) is 7.33. The van der Waals surface area contributed by atoms with Crippen LogP contribution in [0.25, 0.3) is 0 Å². The normalized spacial score (nSPS) is 10.2. The van der Waals surface area contributed by atoms with Crippen molar-refractivity contribution in [2.45, 2.75) is 38.5 Å². The summed E-state index contributed by atoms with van der Waals surface area (Å²) in [5.41, 5.74) is 0. The summed E-state index contributed by atoms with van der Waals surface area (Å²) in [5.74, 6) is 0. The second kappa shape index (κ2) is 8.96. The lowest BCUT2D eigenvalue weighted by Crippen LogP contribution is -1.81. The molecule has 0 saturated carbocycles. The molecule has 0 N–H and O–H groups in total. The molecule has 0 aliphatic carbocycles. The summed E-state index contributed by atoms with van der Waals surface area (Å²) >= 11 is 0. The molecule has 0 amide bonds. The largest absolute Gasteiger partial charge is 0.379 e. The second-order valence-electron chi connectivity index (χ2n) is 2.46. The predicted molar refractivity (Wildman–Crippen MR) is 44.4 cm³/mol. The summed E-state index contributed by atoms with van der Waals surface area (Å²) in [6, 6.07) is 0. The molecule has 0 aliphatic rings. The Bertz CT molecular complexity index is 44.7. The van der Waals surface area contributed by atoms with Gasteiger partial charge in [-0.1, -0.05) is 39.0 Å². The molecular formula is C9H18O. The van der Waals surface area contributed by atoms with E-state index in [1.807, 2.05) is 6.61 Å². The summed E-state index contributed by atoms with van der Waals surface area (Å²) < 4.78 is 4.81. The van der Waals surface area contributed by atoms with Gasteiger partial charge in [-0.15, -0.1) is 0 Å². The van der Waals surface area contributed by atoms with E-state index >= 15 is 0 Å². The molecule has 60 valence electrons. The first-order valence-corrected chi connectivity index (χ1v) is 4.05. The van der Waals surface area contributed by atoms with Crippen molar-refractivity contribution in [2.24, 2.45) is 0 Å². The van der Waals surface area contributed by atoms with Crippen molar-refractivity contribution in [3.05, 3.63) is 13.5 Å². The number of ether oxygens (including phenoxy) is 1. The smallest absolute Gasteiger partial charge is 0.0832 e. The molecule has 0 atom stereocenters. The van der Waals surface area contributed by atoms with Crippen LogP contribution in [0.1, 0.15) is 38.5 Å². The molecule has 0 aromatic carbocycles. The zero-order chi connectivity index (χ0) is 7.66. The first-order valence-electron chi connectivity index (χ1n) is 4.05. The van der Waals surface area contributed by atoms with Crippen molar-refractivity contribution < 1.29 is 4.74 Å². The fraction of sp³-hybridized carbons (Fsp3) is 0.778. The fourth-order valence-corrected chi connectivity index (χ4v) is 0.876. The van der Waals surface area contributed by atoms with Crippen LogP contribution in [0.15, 0.2) is 0 Å². The van der Waals surface area contributed by atoms with Crippen molar-refractivity contribution >= 4 is 0 Å². The number of rotatable bonds is 7. The lowest BCUT2D eigenvalue weighted by Gasteiger charge is -1.97. The van der Waals surface area contributed by atoms with Gasteiger partial charge in [0.2, 0.25) is 0 Å². The Morgan fingerprint density at radius 2 is 1.90 bits per heavy atom. The lowest BCUT2D eigenvalue weighted by atomic mass is 10.1. The van der Waals surface area contributed by atoms with Gasteiger partial charge in [0.05, 0.1) is 6.61 Å². The van der Waals surface area contributed by atoms with Gasteiger partial charge in [-0.05, 0) is 6.42 Å². The first kappa shape index (κ1) is 9.96. The minimum Gasteiger partial charge on any atom is -0.379 e. The van der Waals surface area contributed by atoms with E-state index in [0.29, 0.717) is 0 Å². The Hall–Kier alpha value is -0.0400. The van der Waals surface area contributed by atoms with E-state index in [0.717, 1.165) is 12.8 Å². The molecule has 0 saturated heterocycles. The Kier molecular flexibility index (Phi) is 8.92. The van der Waals surface area contributed by atoms with Crippen LogP contribution < -0.4 is 0 Å². The predicted octanol–water partition coefficient (Wildman–Crippen LogP) is 2.97. The van der Waals surface area contributed by atoms with Gasteiger partial charge in [0.25, 0.3) is 0 Å². The molecule has 10 heavy (non-hydrogen) atoms. The molecule has 0 unspecified atom stereocenters. The van der Waals surface area contributed by atoms with E-state index in [1.165, 1.54) is 25.7 Å². The lowest BCUT2D eigenvalue weighted by molar-refractivity contribution is 0.262. The van der Waals surface area contributed by atoms with Crippen LogP contribution in [0.4, 0.5) is 0 Å². The second-order valence-corrected chi connectivity index (χ2v) is 2.46. The maximum Gasteiger partial charge on any atom is 0.0832 e. The fourth-order valence-electron chi connectivity index (χ4n) is 0.876. The van der Waals surface area contributed by atoms with E-state index in [2.05, 4.69) is 6.92 Å². The van der Waals surface area contributed by atoms with Crippen LogP contribution in [-0.4, -0.2) is 7.11 Å². The maximum atomic E-state index is 4.81. The van der Waals surface area contributed by atoms with E-state index in [9.17, 15) is 0 Å². The number of methoxy groups -OCH3 is 1. The van der Waals surface area contributed by atoms with Crippen molar-refractivity contribution in [2.75, 3.05) is 7.11 Å². The molecule has 1 nitrogen and oxygen atoms in total. The van der Waals surface area contributed by atoms with Crippen molar-refractivity contribution in [3.63, 3.8) is 0 Å². The molecule has 1 heteroatoms. The molecule has 0 spiro atoms. The Morgan fingerprint density at radius 1 is 1.20 bits per heavy atom. The van der Waals surface area contributed by atoms with Gasteiger partial charge in [-0.25, -0.2) is 0 Å². The van der Waals surface area contributed by atoms with Crippen LogP contribution in [0.5, 0.6) is 0 Å². The zero-order valence-electron chi connectivity index (χ0n) is 6.94. The quantitative estimate of drug-likeness (QED) is 0.496. The summed E-state index contributed by atoms with van der Waals surface area (Å²) in [5, 5.41) is 0. The van der Waals surface area contributed by atoms with Crippen LogP contribution in [0.2, 0.25) is 0 Å². The average Bonchev–Trinajstić information content (AvgIpc) is 1.97. The molecule has 0 fully saturated rings. The molecule has 0 aliphatic heterocycles. The van der Waals surface area contributed by atoms with Gasteiger partial charge >= 0.3 is 0 Å². The minimum atomic E-state index is 1.08. The Balaban J connectivity index is 2.65. The van der Waals surface area contributed by atoms with Gasteiger partial charge in [0, 0.05) is 7.11 Å². The highest BCUT2D eigenvalue weighted by atomic mass is 16.5. The highest BCUT2D eigenvalue weighted by Gasteiger charge is 1.88. The molecule has 0 aromatic heterocycles.